The largest absolute Gasteiger partial charge is 0.496 e. The first-order valence-electron chi connectivity index (χ1n) is 9.83. The zero-order chi connectivity index (χ0) is 21.6. The van der Waals surface area contributed by atoms with Crippen molar-refractivity contribution in [1.29, 1.82) is 0 Å². The molecule has 0 saturated heterocycles. The highest BCUT2D eigenvalue weighted by atomic mass is 16.5. The van der Waals surface area contributed by atoms with Crippen LogP contribution in [0.4, 0.5) is 0 Å². The highest BCUT2D eigenvalue weighted by molar-refractivity contribution is 6.31. The quantitative estimate of drug-likeness (QED) is 0.207. The van der Waals surface area contributed by atoms with Crippen LogP contribution in [0.25, 0.3) is 22.7 Å². The molecule has 1 aromatic heterocycles. The van der Waals surface area contributed by atoms with E-state index in [1.165, 1.54) is 0 Å². The molecule has 5 nitrogen and oxygen atoms in total. The smallest absolute Gasteiger partial charge is 0.231 e. The Hall–Kier alpha value is -4.12. The molecule has 0 aliphatic rings. The van der Waals surface area contributed by atoms with Gasteiger partial charge in [0.1, 0.15) is 17.0 Å². The highest BCUT2D eigenvalue weighted by Gasteiger charge is 2.21. The zero-order valence-electron chi connectivity index (χ0n) is 17.2. The number of Topliss-reactive ketones (excluding diaryl/α,β-unsaturated/α-hetero) is 1. The maximum absolute atomic E-state index is 13.5. The number of hydrogen-bond donors (Lipinski definition) is 0. The minimum Gasteiger partial charge on any atom is -0.496 e. The Morgan fingerprint density at radius 3 is 2.45 bits per heavy atom. The van der Waals surface area contributed by atoms with E-state index < -0.39 is 0 Å². The van der Waals surface area contributed by atoms with Crippen LogP contribution in [0.5, 0.6) is 11.5 Å². The number of allylic oxidation sites excluding steroid dienone is 2. The first-order valence-corrected chi connectivity index (χ1v) is 9.83. The molecule has 0 unspecified atom stereocenters. The Balaban J connectivity index is 1.80. The SMILES string of the molecule is CC=COc1ccc(C(=O)C(=Cc2ccccc2OC)c2nc3ccccc3o2)cc1. The molecule has 0 aliphatic carbocycles. The monoisotopic (exact) mass is 411 g/mol. The number of benzene rings is 3. The average molecular weight is 411 g/mol. The van der Waals surface area contributed by atoms with Gasteiger partial charge in [0, 0.05) is 11.1 Å². The van der Waals surface area contributed by atoms with Gasteiger partial charge in [-0.15, -0.1) is 0 Å². The molecule has 0 radical (unpaired) electrons. The van der Waals surface area contributed by atoms with Gasteiger partial charge in [0.2, 0.25) is 5.89 Å². The number of nitrogens with zero attached hydrogens (tertiary/aromatic N) is 1. The van der Waals surface area contributed by atoms with Crippen molar-refractivity contribution in [2.45, 2.75) is 6.92 Å². The van der Waals surface area contributed by atoms with Gasteiger partial charge in [-0.1, -0.05) is 36.4 Å². The van der Waals surface area contributed by atoms with E-state index in [0.29, 0.717) is 33.7 Å². The number of carbonyl (C=O) groups is 1. The van der Waals surface area contributed by atoms with Gasteiger partial charge in [0.25, 0.3) is 0 Å². The van der Waals surface area contributed by atoms with Crippen LogP contribution in [-0.2, 0) is 0 Å². The number of para-hydroxylation sites is 3. The summed E-state index contributed by atoms with van der Waals surface area (Å²) in [5.74, 6) is 1.34. The van der Waals surface area contributed by atoms with Gasteiger partial charge in [-0.05, 0) is 55.5 Å². The van der Waals surface area contributed by atoms with E-state index in [1.807, 2.05) is 55.5 Å². The van der Waals surface area contributed by atoms with E-state index in [4.69, 9.17) is 13.9 Å². The van der Waals surface area contributed by atoms with Gasteiger partial charge in [-0.3, -0.25) is 4.79 Å². The van der Waals surface area contributed by atoms with Crippen molar-refractivity contribution in [2.75, 3.05) is 7.11 Å². The van der Waals surface area contributed by atoms with Crippen molar-refractivity contribution in [3.8, 4) is 11.5 Å². The van der Waals surface area contributed by atoms with Crippen LogP contribution in [0.3, 0.4) is 0 Å². The topological polar surface area (TPSA) is 61.6 Å². The third kappa shape index (κ3) is 4.41. The van der Waals surface area contributed by atoms with Crippen molar-refractivity contribution in [3.05, 3.63) is 102 Å². The Bertz CT molecular complexity index is 1230. The fourth-order valence-electron chi connectivity index (χ4n) is 3.14. The molecule has 154 valence electrons. The molecule has 3 aromatic carbocycles. The molecule has 0 saturated carbocycles. The standard InChI is InChI=1S/C26H21NO4/c1-3-16-30-20-14-12-18(13-15-20)25(28)21(17-19-8-4-6-10-23(19)29-2)26-27-22-9-5-7-11-24(22)31-26/h3-17H,1-2H3. The van der Waals surface area contributed by atoms with Gasteiger partial charge in [0.05, 0.1) is 18.9 Å². The fourth-order valence-corrected chi connectivity index (χ4v) is 3.14. The average Bonchev–Trinajstić information content (AvgIpc) is 3.25. The number of hydrogen-bond acceptors (Lipinski definition) is 5. The van der Waals surface area contributed by atoms with E-state index >= 15 is 0 Å². The van der Waals surface area contributed by atoms with Crippen molar-refractivity contribution in [3.63, 3.8) is 0 Å². The number of ketones is 1. The minimum absolute atomic E-state index is 0.213. The molecular weight excluding hydrogens is 390 g/mol. The number of rotatable bonds is 7. The van der Waals surface area contributed by atoms with E-state index in [0.717, 1.165) is 5.56 Å². The number of aromatic nitrogens is 1. The summed E-state index contributed by atoms with van der Waals surface area (Å²) in [6.45, 7) is 1.87. The molecule has 0 aliphatic heterocycles. The molecule has 31 heavy (non-hydrogen) atoms. The van der Waals surface area contributed by atoms with Gasteiger partial charge in [-0.25, -0.2) is 4.98 Å². The van der Waals surface area contributed by atoms with Crippen LogP contribution in [0.15, 0.2) is 89.6 Å². The lowest BCUT2D eigenvalue weighted by Crippen LogP contribution is -2.03. The normalized spacial score (nSPS) is 11.7. The minimum atomic E-state index is -0.213. The van der Waals surface area contributed by atoms with Crippen molar-refractivity contribution >= 4 is 28.5 Å². The lowest BCUT2D eigenvalue weighted by atomic mass is 10.0. The van der Waals surface area contributed by atoms with Gasteiger partial charge in [-0.2, -0.15) is 0 Å². The molecule has 0 spiro atoms. The molecule has 5 heteroatoms. The Labute approximate surface area is 180 Å². The number of oxazole rings is 1. The van der Waals surface area contributed by atoms with E-state index in [1.54, 1.807) is 49.8 Å². The van der Waals surface area contributed by atoms with Gasteiger partial charge in [0.15, 0.2) is 11.4 Å². The van der Waals surface area contributed by atoms with Crippen molar-refractivity contribution < 1.29 is 18.7 Å². The van der Waals surface area contributed by atoms with Crippen LogP contribution in [-0.4, -0.2) is 17.9 Å². The van der Waals surface area contributed by atoms with Crippen molar-refractivity contribution in [1.82, 2.24) is 4.98 Å². The van der Waals surface area contributed by atoms with Crippen LogP contribution >= 0.6 is 0 Å². The van der Waals surface area contributed by atoms with Crippen LogP contribution in [0.2, 0.25) is 0 Å². The van der Waals surface area contributed by atoms with Crippen LogP contribution in [0.1, 0.15) is 28.7 Å². The lowest BCUT2D eigenvalue weighted by molar-refractivity contribution is 0.105. The number of fused-ring (bicyclic) bond motifs is 1. The molecule has 1 heterocycles. The molecule has 4 aromatic rings. The lowest BCUT2D eigenvalue weighted by Gasteiger charge is -2.08. The second-order valence-corrected chi connectivity index (χ2v) is 6.73. The molecular formula is C26H21NO4. The summed E-state index contributed by atoms with van der Waals surface area (Å²) >= 11 is 0. The Morgan fingerprint density at radius 1 is 0.968 bits per heavy atom. The second kappa shape index (κ2) is 9.13. The first kappa shape index (κ1) is 20.2. The highest BCUT2D eigenvalue weighted by Crippen LogP contribution is 2.29. The summed E-state index contributed by atoms with van der Waals surface area (Å²) < 4.78 is 16.8. The zero-order valence-corrected chi connectivity index (χ0v) is 17.2. The molecule has 4 rings (SSSR count). The number of carbonyl (C=O) groups excluding carboxylic acids is 1. The number of ether oxygens (including phenoxy) is 2. The predicted octanol–water partition coefficient (Wildman–Crippen LogP) is 6.17. The summed E-state index contributed by atoms with van der Waals surface area (Å²) in [5, 5.41) is 0. The fraction of sp³-hybridized carbons (Fsp3) is 0.0769. The van der Waals surface area contributed by atoms with Crippen molar-refractivity contribution in [2.24, 2.45) is 0 Å². The molecule has 0 N–H and O–H groups in total. The summed E-state index contributed by atoms with van der Waals surface area (Å²) in [5.41, 5.74) is 2.89. The Kier molecular flexibility index (Phi) is 5.94. The summed E-state index contributed by atoms with van der Waals surface area (Å²) in [6.07, 6.45) is 5.12. The summed E-state index contributed by atoms with van der Waals surface area (Å²) in [6, 6.07) is 21.8. The summed E-state index contributed by atoms with van der Waals surface area (Å²) in [4.78, 5) is 18.0. The summed E-state index contributed by atoms with van der Waals surface area (Å²) in [7, 11) is 1.59. The second-order valence-electron chi connectivity index (χ2n) is 6.73. The molecule has 0 bridgehead atoms. The first-order chi connectivity index (χ1) is 15.2. The van der Waals surface area contributed by atoms with Crippen LogP contribution in [0, 0.1) is 0 Å². The molecule has 0 fully saturated rings. The van der Waals surface area contributed by atoms with E-state index in [9.17, 15) is 4.79 Å². The van der Waals surface area contributed by atoms with E-state index in [-0.39, 0.29) is 11.7 Å². The third-order valence-electron chi connectivity index (χ3n) is 4.66. The van der Waals surface area contributed by atoms with Gasteiger partial charge >= 0.3 is 0 Å². The number of methoxy groups -OCH3 is 1. The van der Waals surface area contributed by atoms with Crippen LogP contribution < -0.4 is 9.47 Å². The maximum atomic E-state index is 13.5. The van der Waals surface area contributed by atoms with Gasteiger partial charge < -0.3 is 13.9 Å². The third-order valence-corrected chi connectivity index (χ3v) is 4.66. The Morgan fingerprint density at radius 2 is 1.71 bits per heavy atom. The predicted molar refractivity (Wildman–Crippen MR) is 121 cm³/mol. The maximum Gasteiger partial charge on any atom is 0.231 e. The molecule has 0 atom stereocenters. The van der Waals surface area contributed by atoms with E-state index in [2.05, 4.69) is 4.98 Å². The molecule has 0 amide bonds.